The molecule has 13 heavy (non-hydrogen) atoms. The monoisotopic (exact) mass is 186 g/mol. The highest BCUT2D eigenvalue weighted by Gasteiger charge is 2.28. The van der Waals surface area contributed by atoms with Gasteiger partial charge in [-0.25, -0.2) is 0 Å². The Bertz CT molecular complexity index is 175. The maximum Gasteiger partial charge on any atom is 0.308 e. The van der Waals surface area contributed by atoms with Crippen LogP contribution in [-0.4, -0.2) is 24.3 Å². The third-order valence-corrected chi connectivity index (χ3v) is 2.89. The van der Waals surface area contributed by atoms with Crippen LogP contribution in [0.15, 0.2) is 0 Å². The van der Waals surface area contributed by atoms with Crippen molar-refractivity contribution in [2.75, 3.05) is 7.11 Å². The molecule has 0 aliphatic heterocycles. The molecule has 1 aliphatic rings. The molecule has 76 valence electrons. The Morgan fingerprint density at radius 1 is 1.62 bits per heavy atom. The number of hydrogen-bond donors (Lipinski definition) is 1. The van der Waals surface area contributed by atoms with Gasteiger partial charge in [0.25, 0.3) is 0 Å². The Morgan fingerprint density at radius 3 is 2.62 bits per heavy atom. The summed E-state index contributed by atoms with van der Waals surface area (Å²) in [5, 5.41) is 9.68. The summed E-state index contributed by atoms with van der Waals surface area (Å²) >= 11 is 0. The van der Waals surface area contributed by atoms with Crippen molar-refractivity contribution in [1.29, 1.82) is 0 Å². The fourth-order valence-corrected chi connectivity index (χ4v) is 1.68. The topological polar surface area (TPSA) is 46.5 Å². The summed E-state index contributed by atoms with van der Waals surface area (Å²) in [7, 11) is 1.38. The van der Waals surface area contributed by atoms with Gasteiger partial charge < -0.3 is 9.84 Å². The summed E-state index contributed by atoms with van der Waals surface area (Å²) in [5.74, 6) is 0.0195. The van der Waals surface area contributed by atoms with E-state index in [0.717, 1.165) is 12.8 Å². The smallest absolute Gasteiger partial charge is 0.308 e. The van der Waals surface area contributed by atoms with Crippen molar-refractivity contribution in [1.82, 2.24) is 0 Å². The van der Waals surface area contributed by atoms with Crippen LogP contribution in [0.3, 0.4) is 0 Å². The molecule has 0 heterocycles. The van der Waals surface area contributed by atoms with E-state index in [0.29, 0.717) is 12.3 Å². The molecule has 1 aliphatic carbocycles. The van der Waals surface area contributed by atoms with Gasteiger partial charge in [-0.2, -0.15) is 0 Å². The minimum Gasteiger partial charge on any atom is -0.469 e. The van der Waals surface area contributed by atoms with E-state index in [9.17, 15) is 9.90 Å². The molecular formula is C10H18O3. The number of methoxy groups -OCH3 is 1. The van der Waals surface area contributed by atoms with Crippen LogP contribution < -0.4 is 0 Å². The Balaban J connectivity index is 2.25. The second-order valence-electron chi connectivity index (χ2n) is 3.92. The molecule has 0 amide bonds. The second-order valence-corrected chi connectivity index (χ2v) is 3.92. The highest BCUT2D eigenvalue weighted by Crippen LogP contribution is 2.32. The molecular weight excluding hydrogens is 168 g/mol. The quantitative estimate of drug-likeness (QED) is 0.674. The van der Waals surface area contributed by atoms with Crippen LogP contribution in [0.2, 0.25) is 0 Å². The first-order chi connectivity index (χ1) is 6.15. The number of carbonyl (C=O) groups excluding carboxylic acids is 1. The molecule has 3 heteroatoms. The van der Waals surface area contributed by atoms with E-state index in [1.807, 2.05) is 0 Å². The SMILES string of the molecule is COC(=O)C(C)CC(O)C1CCC1. The van der Waals surface area contributed by atoms with Gasteiger partial charge >= 0.3 is 5.97 Å². The van der Waals surface area contributed by atoms with Gasteiger partial charge in [0.2, 0.25) is 0 Å². The van der Waals surface area contributed by atoms with Gasteiger partial charge in [-0.1, -0.05) is 13.3 Å². The summed E-state index contributed by atoms with van der Waals surface area (Å²) in [4.78, 5) is 11.0. The molecule has 0 aromatic rings. The first kappa shape index (κ1) is 10.5. The van der Waals surface area contributed by atoms with Crippen molar-refractivity contribution in [2.45, 2.75) is 38.7 Å². The average molecular weight is 186 g/mol. The van der Waals surface area contributed by atoms with Crippen LogP contribution in [0.5, 0.6) is 0 Å². The predicted octanol–water partition coefficient (Wildman–Crippen LogP) is 1.35. The molecule has 1 rings (SSSR count). The number of hydrogen-bond acceptors (Lipinski definition) is 3. The van der Waals surface area contributed by atoms with E-state index >= 15 is 0 Å². The van der Waals surface area contributed by atoms with Crippen LogP contribution in [0.25, 0.3) is 0 Å². The van der Waals surface area contributed by atoms with Crippen molar-refractivity contribution in [3.8, 4) is 0 Å². The summed E-state index contributed by atoms with van der Waals surface area (Å²) in [6.45, 7) is 1.80. The fourth-order valence-electron chi connectivity index (χ4n) is 1.68. The molecule has 0 aromatic heterocycles. The normalized spacial score (nSPS) is 21.8. The van der Waals surface area contributed by atoms with Crippen LogP contribution in [-0.2, 0) is 9.53 Å². The second kappa shape index (κ2) is 4.61. The third kappa shape index (κ3) is 2.69. The van der Waals surface area contributed by atoms with Gasteiger partial charge in [-0.3, -0.25) is 4.79 Å². The number of aliphatic hydroxyl groups is 1. The van der Waals surface area contributed by atoms with Gasteiger partial charge in [0.15, 0.2) is 0 Å². The minimum absolute atomic E-state index is 0.180. The van der Waals surface area contributed by atoms with E-state index in [1.165, 1.54) is 13.5 Å². The summed E-state index contributed by atoms with van der Waals surface area (Å²) in [6.07, 6.45) is 3.65. The largest absolute Gasteiger partial charge is 0.469 e. The number of aliphatic hydroxyl groups excluding tert-OH is 1. The van der Waals surface area contributed by atoms with Crippen LogP contribution in [0.1, 0.15) is 32.6 Å². The Morgan fingerprint density at radius 2 is 2.23 bits per heavy atom. The number of rotatable bonds is 4. The van der Waals surface area contributed by atoms with Gasteiger partial charge in [-0.05, 0) is 25.2 Å². The molecule has 2 unspecified atom stereocenters. The highest BCUT2D eigenvalue weighted by atomic mass is 16.5. The molecule has 1 saturated carbocycles. The zero-order valence-electron chi connectivity index (χ0n) is 8.32. The van der Waals surface area contributed by atoms with Crippen molar-refractivity contribution in [3.05, 3.63) is 0 Å². The number of ether oxygens (including phenoxy) is 1. The number of carbonyl (C=O) groups is 1. The van der Waals surface area contributed by atoms with Crippen LogP contribution in [0, 0.1) is 11.8 Å². The molecule has 2 atom stereocenters. The lowest BCUT2D eigenvalue weighted by Crippen LogP contribution is -2.30. The lowest BCUT2D eigenvalue weighted by atomic mass is 9.78. The van der Waals surface area contributed by atoms with E-state index in [-0.39, 0.29) is 18.0 Å². The third-order valence-electron chi connectivity index (χ3n) is 2.89. The van der Waals surface area contributed by atoms with E-state index in [2.05, 4.69) is 4.74 Å². The predicted molar refractivity (Wildman–Crippen MR) is 49.1 cm³/mol. The minimum atomic E-state index is -0.317. The standard InChI is InChI=1S/C10H18O3/c1-7(10(12)13-2)6-9(11)8-4-3-5-8/h7-9,11H,3-6H2,1-2H3. The average Bonchev–Trinajstić information content (AvgIpc) is 1.99. The molecule has 0 radical (unpaired) electrons. The van der Waals surface area contributed by atoms with E-state index in [1.54, 1.807) is 6.92 Å². The van der Waals surface area contributed by atoms with E-state index in [4.69, 9.17) is 0 Å². The molecule has 0 bridgehead atoms. The Hall–Kier alpha value is -0.570. The van der Waals surface area contributed by atoms with Gasteiger partial charge in [-0.15, -0.1) is 0 Å². The first-order valence-electron chi connectivity index (χ1n) is 4.91. The highest BCUT2D eigenvalue weighted by molar-refractivity contribution is 5.71. The Labute approximate surface area is 79.1 Å². The van der Waals surface area contributed by atoms with Gasteiger partial charge in [0.1, 0.15) is 0 Å². The summed E-state index contributed by atoms with van der Waals surface area (Å²) in [5.41, 5.74) is 0. The van der Waals surface area contributed by atoms with Crippen molar-refractivity contribution in [2.24, 2.45) is 11.8 Å². The Kier molecular flexibility index (Phi) is 3.72. The van der Waals surface area contributed by atoms with Crippen LogP contribution in [0.4, 0.5) is 0 Å². The molecule has 0 saturated heterocycles. The lowest BCUT2D eigenvalue weighted by Gasteiger charge is -2.31. The molecule has 0 aromatic carbocycles. The summed E-state index contributed by atoms with van der Waals surface area (Å²) in [6, 6.07) is 0. The maximum absolute atomic E-state index is 11.0. The van der Waals surface area contributed by atoms with Gasteiger partial charge in [0.05, 0.1) is 19.1 Å². The first-order valence-corrected chi connectivity index (χ1v) is 4.91. The molecule has 3 nitrogen and oxygen atoms in total. The molecule has 1 N–H and O–H groups in total. The zero-order chi connectivity index (χ0) is 9.84. The van der Waals surface area contributed by atoms with Crippen molar-refractivity contribution < 1.29 is 14.6 Å². The van der Waals surface area contributed by atoms with Crippen molar-refractivity contribution >= 4 is 5.97 Å². The molecule has 1 fully saturated rings. The van der Waals surface area contributed by atoms with Gasteiger partial charge in [0, 0.05) is 0 Å². The number of esters is 1. The lowest BCUT2D eigenvalue weighted by molar-refractivity contribution is -0.146. The maximum atomic E-state index is 11.0. The van der Waals surface area contributed by atoms with E-state index < -0.39 is 0 Å². The molecule has 0 spiro atoms. The summed E-state index contributed by atoms with van der Waals surface area (Å²) < 4.78 is 4.59. The van der Waals surface area contributed by atoms with Crippen LogP contribution >= 0.6 is 0 Å². The van der Waals surface area contributed by atoms with Crippen molar-refractivity contribution in [3.63, 3.8) is 0 Å². The fraction of sp³-hybridized carbons (Fsp3) is 0.900. The zero-order valence-corrected chi connectivity index (χ0v) is 8.32.